The zero-order valence-electron chi connectivity index (χ0n) is 46.6. The Morgan fingerprint density at radius 1 is 0.750 bits per heavy atom. The second-order valence-corrected chi connectivity index (χ2v) is 23.0. The van der Waals surface area contributed by atoms with Crippen molar-refractivity contribution in [1.82, 2.24) is 40.4 Å². The van der Waals surface area contributed by atoms with Crippen LogP contribution in [-0.4, -0.2) is 112 Å². The maximum absolute atomic E-state index is 17.1. The summed E-state index contributed by atoms with van der Waals surface area (Å²) in [5.41, 5.74) is 4.26. The summed E-state index contributed by atoms with van der Waals surface area (Å²) >= 11 is 0. The molecule has 426 valence electrons. The molecular weight excluding hydrogens is 1030 g/mol. The third kappa shape index (κ3) is 10.5. The van der Waals surface area contributed by atoms with Gasteiger partial charge in [0.1, 0.15) is 41.1 Å². The number of hydrogen-bond donors (Lipinski definition) is 4. The lowest BCUT2D eigenvalue weighted by Crippen LogP contribution is -2.51. The summed E-state index contributed by atoms with van der Waals surface area (Å²) in [6.07, 6.45) is 6.20. The van der Waals surface area contributed by atoms with E-state index < -0.39 is 71.7 Å². The number of nitrogens with one attached hydrogen (secondary N) is 4. The minimum Gasteiger partial charge on any atom is -0.453 e. The van der Waals surface area contributed by atoms with E-state index in [1.807, 2.05) is 33.8 Å². The minimum absolute atomic E-state index is 0.0106. The maximum Gasteiger partial charge on any atom is 0.407 e. The smallest absolute Gasteiger partial charge is 0.407 e. The Bertz CT molecular complexity index is 3220. The third-order valence-electron chi connectivity index (χ3n) is 17.6. The Morgan fingerprint density at radius 3 is 1.93 bits per heavy atom. The fraction of sp³-hybridized carbons (Fsp3) is 0.500. The monoisotopic (exact) mass is 1100 g/mol. The molecule has 3 aromatic carbocycles. The molecule has 20 heteroatoms. The molecule has 5 aliphatic rings. The van der Waals surface area contributed by atoms with Crippen molar-refractivity contribution in [2.75, 3.05) is 50.2 Å². The molecule has 6 heterocycles. The lowest BCUT2D eigenvalue weighted by molar-refractivity contribution is -0.136. The van der Waals surface area contributed by atoms with Crippen LogP contribution in [0.15, 0.2) is 66.5 Å². The van der Waals surface area contributed by atoms with Crippen LogP contribution in [0.2, 0.25) is 0 Å². The second kappa shape index (κ2) is 22.6. The minimum atomic E-state index is -0.909. The number of benzene rings is 3. The molecule has 80 heavy (non-hydrogen) atoms. The van der Waals surface area contributed by atoms with Crippen LogP contribution in [0.3, 0.4) is 0 Å². The first kappa shape index (κ1) is 55.9. The quantitative estimate of drug-likeness (QED) is 0.0617. The third-order valence-corrected chi connectivity index (χ3v) is 17.6. The van der Waals surface area contributed by atoms with Crippen LogP contribution in [0.4, 0.5) is 38.5 Å². The Labute approximate surface area is 463 Å². The Hall–Kier alpha value is -7.38. The molecule has 2 aromatic heterocycles. The highest BCUT2D eigenvalue weighted by Gasteiger charge is 2.45. The summed E-state index contributed by atoms with van der Waals surface area (Å²) in [6.45, 7) is 15.0. The highest BCUT2D eigenvalue weighted by molar-refractivity contribution is 5.87. The van der Waals surface area contributed by atoms with E-state index in [2.05, 4.69) is 45.4 Å². The van der Waals surface area contributed by atoms with Crippen LogP contribution in [0, 0.1) is 36.2 Å². The first-order chi connectivity index (χ1) is 38.3. The fourth-order valence-electron chi connectivity index (χ4n) is 13.3. The normalized spacial score (nSPS) is 21.7. The number of piperidine rings is 1. The van der Waals surface area contributed by atoms with Gasteiger partial charge < -0.3 is 49.7 Å². The number of carbonyl (C=O) groups excluding carboxylic acids is 4. The van der Waals surface area contributed by atoms with Crippen molar-refractivity contribution >= 4 is 52.5 Å². The van der Waals surface area contributed by atoms with Crippen LogP contribution >= 0.6 is 0 Å². The number of imidazole rings is 2. The van der Waals surface area contributed by atoms with Crippen LogP contribution in [0.25, 0.3) is 17.1 Å². The van der Waals surface area contributed by atoms with Gasteiger partial charge in [0.05, 0.1) is 55.1 Å². The number of carbonyl (C=O) groups is 4. The average molecular weight is 1110 g/mol. The number of hydrogen-bond acceptors (Lipinski definition) is 10. The predicted molar refractivity (Wildman–Crippen MR) is 296 cm³/mol. The Balaban J connectivity index is 0.960. The maximum atomic E-state index is 17.1. The summed E-state index contributed by atoms with van der Waals surface area (Å²) in [7, 11) is 2.46. The van der Waals surface area contributed by atoms with E-state index in [0.29, 0.717) is 80.2 Å². The molecule has 4 saturated heterocycles. The Kier molecular flexibility index (Phi) is 15.8. The Morgan fingerprint density at radius 2 is 1.34 bits per heavy atom. The van der Waals surface area contributed by atoms with Crippen molar-refractivity contribution in [2.45, 2.75) is 140 Å². The standard InChI is InChI=1S/C60H72F4N10O6/c1-32(2)51(69-58(77)79-7)56(75)72-23-11-15-49(72)54-65-35(6)44(66-54)30-40(61)34(5)47-17-18-48(74(47)37-27-42(63)53(43(64)28-37)71-25-21-60(22-26-71)20-19-36-13-9-10-14-39(36)60)38-29-45-46(31-41(38)62)68-55(67-45)50-16-12-24-73(50)57(76)52(33(3)4)70-59(78)80-8/h9-10,13-14,27-33,47-52H,5,11-12,15-26H2,1-4,6-8H3,(H,65,66)(H,67,68)(H,69,77)(H,70,78)/b40-30+/t47-,48-,49+,50+,51+,52+/m1/s1. The predicted octanol–water partition coefficient (Wildman–Crippen LogP) is 10.9. The number of alkyl carbamates (subject to hydrolysis) is 2. The number of likely N-dealkylation sites (tertiary alicyclic amines) is 2. The van der Waals surface area contributed by atoms with Crippen molar-refractivity contribution in [3.63, 3.8) is 0 Å². The summed E-state index contributed by atoms with van der Waals surface area (Å²) < 4.78 is 77.6. The van der Waals surface area contributed by atoms with Crippen LogP contribution in [0.1, 0.15) is 143 Å². The molecule has 0 saturated carbocycles. The van der Waals surface area contributed by atoms with Gasteiger partial charge in [0, 0.05) is 60.8 Å². The van der Waals surface area contributed by atoms with Gasteiger partial charge in [0.25, 0.3) is 0 Å². The molecule has 4 N–H and O–H groups in total. The van der Waals surface area contributed by atoms with E-state index in [1.165, 1.54) is 49.6 Å². The molecule has 0 bridgehead atoms. The van der Waals surface area contributed by atoms with Gasteiger partial charge in [-0.25, -0.2) is 37.1 Å². The SMILES string of the molecule is C=C(/C(F)=C\c1nc([C@@H]2CCCN2C(=O)[C@@H](NC(=O)OC)C(C)C)[nH]c1C)[C@H]1CC[C@H](c2cc3[nH]c([C@@H]4CCCN4C(=O)[C@@H](NC(=O)OC)C(C)C)nc3cc2F)N1c1cc(F)c(N2CCC3(CCc4ccccc43)CC2)c(F)c1. The summed E-state index contributed by atoms with van der Waals surface area (Å²) in [6, 6.07) is 9.41. The van der Waals surface area contributed by atoms with Gasteiger partial charge in [-0.15, -0.1) is 0 Å². The molecule has 10 rings (SSSR count). The molecule has 4 aliphatic heterocycles. The van der Waals surface area contributed by atoms with Gasteiger partial charge in [0.15, 0.2) is 11.6 Å². The highest BCUT2D eigenvalue weighted by Crippen LogP contribution is 2.49. The highest BCUT2D eigenvalue weighted by atomic mass is 19.1. The number of ether oxygens (including phenoxy) is 2. The van der Waals surface area contributed by atoms with Gasteiger partial charge in [-0.3, -0.25) is 9.59 Å². The van der Waals surface area contributed by atoms with E-state index in [4.69, 9.17) is 19.4 Å². The molecule has 6 atom stereocenters. The number of anilines is 2. The van der Waals surface area contributed by atoms with Crippen molar-refractivity contribution in [3.8, 4) is 0 Å². The number of amides is 4. The number of aromatic amines is 2. The molecule has 1 spiro atoms. The van der Waals surface area contributed by atoms with Crippen molar-refractivity contribution in [1.29, 1.82) is 0 Å². The zero-order chi connectivity index (χ0) is 56.9. The van der Waals surface area contributed by atoms with Crippen LogP contribution < -0.4 is 20.4 Å². The number of methoxy groups -OCH3 is 2. The van der Waals surface area contributed by atoms with Crippen LogP contribution in [-0.2, 0) is 30.9 Å². The molecule has 1 aliphatic carbocycles. The molecule has 0 unspecified atom stereocenters. The molecule has 0 radical (unpaired) electrons. The van der Waals surface area contributed by atoms with Gasteiger partial charge in [-0.2, -0.15) is 0 Å². The number of fused-ring (bicyclic) bond motifs is 3. The molecular formula is C60H72F4N10O6. The number of aromatic nitrogens is 4. The van der Waals surface area contributed by atoms with Crippen molar-refractivity contribution in [2.24, 2.45) is 11.8 Å². The van der Waals surface area contributed by atoms with E-state index >= 15 is 17.6 Å². The summed E-state index contributed by atoms with van der Waals surface area (Å²) in [5, 5.41) is 5.31. The van der Waals surface area contributed by atoms with Crippen molar-refractivity contribution < 1.29 is 46.2 Å². The summed E-state index contributed by atoms with van der Waals surface area (Å²) in [5.74, 6) is -3.18. The van der Waals surface area contributed by atoms with Gasteiger partial charge in [-0.1, -0.05) is 58.5 Å². The number of nitrogens with zero attached hydrogens (tertiary/aromatic N) is 6. The van der Waals surface area contributed by atoms with Gasteiger partial charge in [0.2, 0.25) is 11.8 Å². The van der Waals surface area contributed by atoms with E-state index in [-0.39, 0.29) is 70.1 Å². The van der Waals surface area contributed by atoms with Crippen molar-refractivity contribution in [3.05, 3.63) is 124 Å². The van der Waals surface area contributed by atoms with Crippen LogP contribution in [0.5, 0.6) is 0 Å². The number of halogens is 4. The molecule has 4 amide bonds. The lowest BCUT2D eigenvalue weighted by atomic mass is 9.74. The first-order valence-electron chi connectivity index (χ1n) is 28.0. The number of aryl methyl sites for hydroxylation is 2. The molecule has 4 fully saturated rings. The lowest BCUT2D eigenvalue weighted by Gasteiger charge is -2.41. The molecule has 5 aromatic rings. The fourth-order valence-corrected chi connectivity index (χ4v) is 13.3. The number of H-pyrrole nitrogens is 2. The largest absolute Gasteiger partial charge is 0.453 e. The zero-order valence-corrected chi connectivity index (χ0v) is 46.6. The van der Waals surface area contributed by atoms with Gasteiger partial charge >= 0.3 is 12.2 Å². The molecule has 16 nitrogen and oxygen atoms in total. The van der Waals surface area contributed by atoms with Gasteiger partial charge in [-0.05, 0) is 118 Å². The topological polar surface area (TPSA) is 181 Å². The van der Waals surface area contributed by atoms with E-state index in [9.17, 15) is 19.2 Å². The number of rotatable bonds is 14. The van der Waals surface area contributed by atoms with E-state index in [0.717, 1.165) is 25.7 Å². The van der Waals surface area contributed by atoms with E-state index in [1.54, 1.807) is 32.6 Å². The summed E-state index contributed by atoms with van der Waals surface area (Å²) in [4.78, 5) is 75.2. The average Bonchev–Trinajstić information content (AvgIpc) is 4.32. The second-order valence-electron chi connectivity index (χ2n) is 23.0. The first-order valence-corrected chi connectivity index (χ1v) is 28.0.